The van der Waals surface area contributed by atoms with Crippen LogP contribution in [0.3, 0.4) is 0 Å². The molecule has 124 valence electrons. The van der Waals surface area contributed by atoms with Crippen molar-refractivity contribution in [2.24, 2.45) is 5.92 Å². The van der Waals surface area contributed by atoms with Crippen LogP contribution >= 0.6 is 0 Å². The van der Waals surface area contributed by atoms with E-state index in [1.807, 2.05) is 0 Å². The summed E-state index contributed by atoms with van der Waals surface area (Å²) < 4.78 is 0. The Morgan fingerprint density at radius 3 is 2.48 bits per heavy atom. The highest BCUT2D eigenvalue weighted by molar-refractivity contribution is 5.79. The van der Waals surface area contributed by atoms with Gasteiger partial charge < -0.3 is 15.3 Å². The summed E-state index contributed by atoms with van der Waals surface area (Å²) in [5.41, 5.74) is -0.692. The normalized spacial score (nSPS) is 25.9. The molecule has 0 aromatic heterocycles. The van der Waals surface area contributed by atoms with Crippen LogP contribution in [0.25, 0.3) is 0 Å². The molecule has 21 heavy (non-hydrogen) atoms. The smallest absolute Gasteiger partial charge is 0.323 e. The van der Waals surface area contributed by atoms with Crippen LogP contribution in [0.2, 0.25) is 0 Å². The topological polar surface area (TPSA) is 52.6 Å². The number of carboxylic acid groups (broad SMARTS) is 1. The molecule has 2 N–H and O–H groups in total. The lowest BCUT2D eigenvalue weighted by molar-refractivity contribution is -0.144. The molecule has 2 atom stereocenters. The van der Waals surface area contributed by atoms with Crippen molar-refractivity contribution in [2.45, 2.75) is 77.8 Å². The van der Waals surface area contributed by atoms with Crippen LogP contribution in [-0.2, 0) is 4.79 Å². The number of hydrogen-bond acceptors (Lipinski definition) is 3. The Morgan fingerprint density at radius 1 is 1.33 bits per heavy atom. The van der Waals surface area contributed by atoms with E-state index >= 15 is 0 Å². The molecule has 0 saturated heterocycles. The number of carboxylic acids is 1. The van der Waals surface area contributed by atoms with E-state index in [0.717, 1.165) is 51.2 Å². The molecule has 0 heterocycles. The SMILES string of the molecule is CCCNC1(C(=O)O)CCC(N(CC)CC(CC)CC)C1. The Bertz CT molecular complexity index is 318. The largest absolute Gasteiger partial charge is 0.480 e. The van der Waals surface area contributed by atoms with Crippen molar-refractivity contribution in [3.63, 3.8) is 0 Å². The van der Waals surface area contributed by atoms with Gasteiger partial charge in [0.15, 0.2) is 0 Å². The van der Waals surface area contributed by atoms with Gasteiger partial charge in [0.05, 0.1) is 0 Å². The van der Waals surface area contributed by atoms with Gasteiger partial charge in [-0.25, -0.2) is 0 Å². The average Bonchev–Trinajstić information content (AvgIpc) is 2.92. The van der Waals surface area contributed by atoms with E-state index in [1.165, 1.54) is 12.8 Å². The molecular formula is C17H34N2O2. The molecule has 1 rings (SSSR count). The summed E-state index contributed by atoms with van der Waals surface area (Å²) in [4.78, 5) is 14.2. The Balaban J connectivity index is 2.69. The van der Waals surface area contributed by atoms with Crippen molar-refractivity contribution in [2.75, 3.05) is 19.6 Å². The van der Waals surface area contributed by atoms with E-state index < -0.39 is 11.5 Å². The van der Waals surface area contributed by atoms with Crippen LogP contribution in [0.5, 0.6) is 0 Å². The van der Waals surface area contributed by atoms with Gasteiger partial charge >= 0.3 is 5.97 Å². The lowest BCUT2D eigenvalue weighted by Crippen LogP contribution is -2.51. The second-order valence-electron chi connectivity index (χ2n) is 6.48. The second-order valence-corrected chi connectivity index (χ2v) is 6.48. The first-order chi connectivity index (χ1) is 10.0. The predicted octanol–water partition coefficient (Wildman–Crippen LogP) is 3.12. The fraction of sp³-hybridized carbons (Fsp3) is 0.941. The minimum absolute atomic E-state index is 0.413. The van der Waals surface area contributed by atoms with Gasteiger partial charge in [-0.3, -0.25) is 4.79 Å². The molecule has 0 aromatic carbocycles. The summed E-state index contributed by atoms with van der Waals surface area (Å²) >= 11 is 0. The summed E-state index contributed by atoms with van der Waals surface area (Å²) in [5.74, 6) is 0.0606. The van der Waals surface area contributed by atoms with E-state index in [-0.39, 0.29) is 0 Å². The number of nitrogens with zero attached hydrogens (tertiary/aromatic N) is 1. The average molecular weight is 298 g/mol. The first-order valence-corrected chi connectivity index (χ1v) is 8.75. The van der Waals surface area contributed by atoms with Crippen molar-refractivity contribution in [3.05, 3.63) is 0 Å². The van der Waals surface area contributed by atoms with Gasteiger partial charge in [0.2, 0.25) is 0 Å². The zero-order chi connectivity index (χ0) is 15.9. The second kappa shape index (κ2) is 8.74. The van der Waals surface area contributed by atoms with Crippen molar-refractivity contribution in [1.82, 2.24) is 10.2 Å². The molecule has 1 fully saturated rings. The van der Waals surface area contributed by atoms with E-state index in [9.17, 15) is 9.90 Å². The van der Waals surface area contributed by atoms with Gasteiger partial charge in [0.1, 0.15) is 5.54 Å². The maximum Gasteiger partial charge on any atom is 0.323 e. The van der Waals surface area contributed by atoms with E-state index in [2.05, 4.69) is 37.9 Å². The van der Waals surface area contributed by atoms with Crippen LogP contribution in [-0.4, -0.2) is 47.2 Å². The van der Waals surface area contributed by atoms with Gasteiger partial charge in [-0.15, -0.1) is 0 Å². The Kier molecular flexibility index (Phi) is 7.67. The third kappa shape index (κ3) is 4.68. The van der Waals surface area contributed by atoms with Crippen molar-refractivity contribution < 1.29 is 9.90 Å². The fourth-order valence-electron chi connectivity index (χ4n) is 3.54. The predicted molar refractivity (Wildman–Crippen MR) is 87.6 cm³/mol. The quantitative estimate of drug-likeness (QED) is 0.650. The molecule has 4 heteroatoms. The number of hydrogen-bond donors (Lipinski definition) is 2. The van der Waals surface area contributed by atoms with E-state index in [4.69, 9.17) is 0 Å². The molecule has 4 nitrogen and oxygen atoms in total. The highest BCUT2D eigenvalue weighted by Crippen LogP contribution is 2.34. The molecule has 0 spiro atoms. The molecule has 1 aliphatic carbocycles. The highest BCUT2D eigenvalue weighted by Gasteiger charge is 2.46. The zero-order valence-electron chi connectivity index (χ0n) is 14.3. The minimum atomic E-state index is -0.692. The van der Waals surface area contributed by atoms with Crippen LogP contribution in [0.4, 0.5) is 0 Å². The minimum Gasteiger partial charge on any atom is -0.480 e. The molecule has 2 unspecified atom stereocenters. The van der Waals surface area contributed by atoms with Crippen molar-refractivity contribution in [1.29, 1.82) is 0 Å². The number of aliphatic carboxylic acids is 1. The van der Waals surface area contributed by atoms with Crippen LogP contribution < -0.4 is 5.32 Å². The van der Waals surface area contributed by atoms with Gasteiger partial charge in [0, 0.05) is 12.6 Å². The molecule has 0 aliphatic heterocycles. The monoisotopic (exact) mass is 298 g/mol. The van der Waals surface area contributed by atoms with Crippen molar-refractivity contribution >= 4 is 5.97 Å². The Morgan fingerprint density at radius 2 is 2.00 bits per heavy atom. The fourth-order valence-corrected chi connectivity index (χ4v) is 3.54. The molecule has 0 amide bonds. The van der Waals surface area contributed by atoms with Crippen LogP contribution in [0, 0.1) is 5.92 Å². The first kappa shape index (κ1) is 18.4. The molecule has 0 aromatic rings. The Labute approximate surface area is 130 Å². The number of carbonyl (C=O) groups is 1. The van der Waals surface area contributed by atoms with E-state index in [1.54, 1.807) is 0 Å². The molecule has 0 radical (unpaired) electrons. The summed E-state index contributed by atoms with van der Waals surface area (Å²) in [5, 5.41) is 13.0. The molecule has 1 aliphatic rings. The lowest BCUT2D eigenvalue weighted by Gasteiger charge is -2.32. The standard InChI is InChI=1S/C17H34N2O2/c1-5-11-18-17(16(20)21)10-9-15(12-17)19(8-4)13-14(6-2)7-3/h14-15,18H,5-13H2,1-4H3,(H,20,21). The maximum atomic E-state index is 11.7. The third-order valence-corrected chi connectivity index (χ3v) is 5.18. The van der Waals surface area contributed by atoms with Gasteiger partial charge in [0.25, 0.3) is 0 Å². The third-order valence-electron chi connectivity index (χ3n) is 5.18. The van der Waals surface area contributed by atoms with Gasteiger partial charge in [-0.2, -0.15) is 0 Å². The molecule has 0 bridgehead atoms. The Hall–Kier alpha value is -0.610. The summed E-state index contributed by atoms with van der Waals surface area (Å²) in [6.45, 7) is 11.7. The number of rotatable bonds is 10. The lowest BCUT2D eigenvalue weighted by atomic mass is 9.96. The summed E-state index contributed by atoms with van der Waals surface area (Å²) in [6.07, 6.45) is 5.89. The van der Waals surface area contributed by atoms with Gasteiger partial charge in [-0.05, 0) is 44.7 Å². The highest BCUT2D eigenvalue weighted by atomic mass is 16.4. The van der Waals surface area contributed by atoms with E-state index in [0.29, 0.717) is 6.04 Å². The maximum absolute atomic E-state index is 11.7. The summed E-state index contributed by atoms with van der Waals surface area (Å²) in [7, 11) is 0. The van der Waals surface area contributed by atoms with Crippen LogP contribution in [0.1, 0.15) is 66.2 Å². The van der Waals surface area contributed by atoms with Crippen LogP contribution in [0.15, 0.2) is 0 Å². The van der Waals surface area contributed by atoms with Crippen molar-refractivity contribution in [3.8, 4) is 0 Å². The summed E-state index contributed by atoms with van der Waals surface area (Å²) in [6, 6.07) is 0.413. The molecular weight excluding hydrogens is 264 g/mol. The number of nitrogens with one attached hydrogen (secondary N) is 1. The first-order valence-electron chi connectivity index (χ1n) is 8.75. The molecule has 1 saturated carbocycles. The van der Waals surface area contributed by atoms with Gasteiger partial charge in [-0.1, -0.05) is 40.5 Å². The zero-order valence-corrected chi connectivity index (χ0v) is 14.3.